The monoisotopic (exact) mass is 334 g/mol. The fraction of sp³-hybridized carbons (Fsp3) is 0.381. The fourth-order valence-corrected chi connectivity index (χ4v) is 4.45. The maximum atomic E-state index is 6.65. The van der Waals surface area contributed by atoms with E-state index in [1.54, 1.807) is 0 Å². The molecular formula is C21H22N2O2. The molecule has 1 aromatic heterocycles. The van der Waals surface area contributed by atoms with E-state index in [-0.39, 0.29) is 5.41 Å². The zero-order valence-electron chi connectivity index (χ0n) is 14.9. The van der Waals surface area contributed by atoms with Crippen molar-refractivity contribution in [3.63, 3.8) is 0 Å². The van der Waals surface area contributed by atoms with Gasteiger partial charge in [0, 0.05) is 17.3 Å². The summed E-state index contributed by atoms with van der Waals surface area (Å²) in [6.45, 7) is 5.55. The normalized spacial score (nSPS) is 25.4. The molecule has 4 heteroatoms. The minimum Gasteiger partial charge on any atom is -0.464 e. The minimum absolute atomic E-state index is 0.00535. The maximum Gasteiger partial charge on any atom is 0.204 e. The molecule has 0 bridgehead atoms. The Bertz CT molecular complexity index is 1020. The molecule has 5 rings (SSSR count). The van der Waals surface area contributed by atoms with Crippen molar-refractivity contribution in [2.75, 3.05) is 13.6 Å². The number of ether oxygens (including phenoxy) is 1. The van der Waals surface area contributed by atoms with Gasteiger partial charge < -0.3 is 9.15 Å². The van der Waals surface area contributed by atoms with Gasteiger partial charge in [0.2, 0.25) is 5.72 Å². The van der Waals surface area contributed by atoms with Crippen LogP contribution in [0.3, 0.4) is 0 Å². The van der Waals surface area contributed by atoms with Crippen molar-refractivity contribution in [1.82, 2.24) is 4.90 Å². The molecule has 2 aromatic carbocycles. The van der Waals surface area contributed by atoms with Crippen LogP contribution in [0.4, 0.5) is 5.69 Å². The number of para-hydroxylation sites is 1. The van der Waals surface area contributed by atoms with Crippen molar-refractivity contribution in [1.29, 1.82) is 0 Å². The van der Waals surface area contributed by atoms with Gasteiger partial charge in [-0.1, -0.05) is 32.0 Å². The molecule has 0 N–H and O–H groups in total. The number of rotatable bonds is 0. The Morgan fingerprint density at radius 3 is 2.76 bits per heavy atom. The zero-order chi connectivity index (χ0) is 17.2. The molecule has 0 saturated carbocycles. The first kappa shape index (κ1) is 15.0. The van der Waals surface area contributed by atoms with E-state index in [0.29, 0.717) is 0 Å². The summed E-state index contributed by atoms with van der Waals surface area (Å²) in [5.41, 5.74) is 2.12. The molecule has 1 spiro atoms. The minimum atomic E-state index is -0.495. The Balaban J connectivity index is 1.74. The second kappa shape index (κ2) is 4.85. The second-order valence-corrected chi connectivity index (χ2v) is 7.85. The predicted molar refractivity (Wildman–Crippen MR) is 101 cm³/mol. The van der Waals surface area contributed by atoms with Gasteiger partial charge in [-0.05, 0) is 38.1 Å². The van der Waals surface area contributed by atoms with Crippen LogP contribution in [0.25, 0.3) is 21.9 Å². The van der Waals surface area contributed by atoms with E-state index < -0.39 is 5.72 Å². The first-order chi connectivity index (χ1) is 12.0. The Kier molecular flexibility index (Phi) is 2.91. The average Bonchev–Trinajstić information content (AvgIpc) is 2.98. The van der Waals surface area contributed by atoms with Crippen LogP contribution in [-0.2, 0) is 0 Å². The fourth-order valence-electron chi connectivity index (χ4n) is 4.45. The second-order valence-electron chi connectivity index (χ2n) is 7.85. The van der Waals surface area contributed by atoms with E-state index in [0.717, 1.165) is 46.3 Å². The van der Waals surface area contributed by atoms with Crippen molar-refractivity contribution < 1.29 is 9.15 Å². The van der Waals surface area contributed by atoms with Crippen molar-refractivity contribution in [3.05, 3.63) is 36.4 Å². The summed E-state index contributed by atoms with van der Waals surface area (Å²) in [5.74, 6) is 0.836. The molecular weight excluding hydrogens is 312 g/mol. The summed E-state index contributed by atoms with van der Waals surface area (Å²) in [6, 6.07) is 12.1. The molecule has 25 heavy (non-hydrogen) atoms. The highest BCUT2D eigenvalue weighted by Crippen LogP contribution is 2.50. The molecule has 3 aromatic rings. The van der Waals surface area contributed by atoms with Crippen LogP contribution in [0.5, 0.6) is 5.75 Å². The molecule has 1 saturated heterocycles. The van der Waals surface area contributed by atoms with E-state index in [9.17, 15) is 0 Å². The van der Waals surface area contributed by atoms with Gasteiger partial charge in [-0.15, -0.1) is 0 Å². The summed E-state index contributed by atoms with van der Waals surface area (Å²) in [6.07, 6.45) is 4.31. The van der Waals surface area contributed by atoms with Gasteiger partial charge in [0.05, 0.1) is 11.6 Å². The lowest BCUT2D eigenvalue weighted by Crippen LogP contribution is -2.65. The summed E-state index contributed by atoms with van der Waals surface area (Å²) in [7, 11) is 2.13. The number of nitrogens with zero attached hydrogens (tertiary/aromatic N) is 2. The molecule has 4 nitrogen and oxygen atoms in total. The summed E-state index contributed by atoms with van der Waals surface area (Å²) >= 11 is 0. The third-order valence-corrected chi connectivity index (χ3v) is 5.95. The molecule has 1 unspecified atom stereocenters. The van der Waals surface area contributed by atoms with E-state index in [4.69, 9.17) is 14.1 Å². The third-order valence-electron chi connectivity index (χ3n) is 5.95. The van der Waals surface area contributed by atoms with Crippen molar-refractivity contribution in [3.8, 4) is 5.75 Å². The van der Waals surface area contributed by atoms with Gasteiger partial charge in [-0.3, -0.25) is 9.89 Å². The van der Waals surface area contributed by atoms with Crippen molar-refractivity contribution in [2.45, 2.75) is 32.4 Å². The van der Waals surface area contributed by atoms with Gasteiger partial charge >= 0.3 is 0 Å². The number of aliphatic imine (C=N–C) groups is 1. The Morgan fingerprint density at radius 1 is 1.08 bits per heavy atom. The quantitative estimate of drug-likeness (QED) is 0.572. The Morgan fingerprint density at radius 2 is 1.92 bits per heavy atom. The molecule has 1 atom stereocenters. The number of fused-ring (bicyclic) bond motifs is 5. The first-order valence-electron chi connectivity index (χ1n) is 8.92. The van der Waals surface area contributed by atoms with E-state index in [1.807, 2.05) is 36.5 Å². The highest BCUT2D eigenvalue weighted by atomic mass is 16.5. The number of benzene rings is 2. The van der Waals surface area contributed by atoms with E-state index >= 15 is 0 Å². The molecule has 0 radical (unpaired) electrons. The third kappa shape index (κ3) is 1.89. The number of hydrogen-bond acceptors (Lipinski definition) is 4. The Labute approximate surface area is 147 Å². The molecule has 2 aliphatic heterocycles. The van der Waals surface area contributed by atoms with E-state index in [2.05, 4.69) is 31.9 Å². The predicted octanol–water partition coefficient (Wildman–Crippen LogP) is 5.13. The molecule has 0 amide bonds. The SMILES string of the molecule is CN1CCCC(C)(C)C12C=Nc1c(ccc3oc4ccccc4c13)O2. The van der Waals surface area contributed by atoms with Crippen molar-refractivity contribution in [2.24, 2.45) is 10.4 Å². The molecule has 2 aliphatic rings. The van der Waals surface area contributed by atoms with Crippen LogP contribution in [0.2, 0.25) is 0 Å². The standard InChI is InChI=1S/C21H22N2O2/c1-20(2)11-6-12-23(3)21(20)13-22-19-17(25-21)10-9-16-18(19)14-7-4-5-8-15(14)24-16/h4-5,7-10,13H,6,11-12H2,1-3H3. The highest BCUT2D eigenvalue weighted by Gasteiger charge is 2.53. The van der Waals surface area contributed by atoms with Crippen LogP contribution in [0.15, 0.2) is 45.8 Å². The molecule has 128 valence electrons. The largest absolute Gasteiger partial charge is 0.464 e. The van der Waals surface area contributed by atoms with Crippen LogP contribution in [-0.4, -0.2) is 30.4 Å². The summed E-state index contributed by atoms with van der Waals surface area (Å²) in [4.78, 5) is 7.21. The first-order valence-corrected chi connectivity index (χ1v) is 8.92. The summed E-state index contributed by atoms with van der Waals surface area (Å²) in [5, 5.41) is 2.12. The molecule has 1 fully saturated rings. The van der Waals surface area contributed by atoms with Crippen LogP contribution in [0, 0.1) is 5.41 Å². The van der Waals surface area contributed by atoms with Crippen molar-refractivity contribution >= 4 is 33.8 Å². The van der Waals surface area contributed by atoms with Crippen LogP contribution >= 0.6 is 0 Å². The van der Waals surface area contributed by atoms with Gasteiger partial charge in [0.1, 0.15) is 22.6 Å². The topological polar surface area (TPSA) is 38.0 Å². The molecule has 0 aliphatic carbocycles. The van der Waals surface area contributed by atoms with Gasteiger partial charge in [0.15, 0.2) is 0 Å². The number of likely N-dealkylation sites (tertiary alicyclic amines) is 1. The Hall–Kier alpha value is -2.33. The van der Waals surface area contributed by atoms with E-state index in [1.165, 1.54) is 6.42 Å². The van der Waals surface area contributed by atoms with Crippen LogP contribution < -0.4 is 4.74 Å². The lowest BCUT2D eigenvalue weighted by molar-refractivity contribution is -0.122. The molecule has 3 heterocycles. The maximum absolute atomic E-state index is 6.65. The average molecular weight is 334 g/mol. The number of furan rings is 1. The highest BCUT2D eigenvalue weighted by molar-refractivity contribution is 6.13. The van der Waals surface area contributed by atoms with Gasteiger partial charge in [-0.2, -0.15) is 0 Å². The van der Waals surface area contributed by atoms with Gasteiger partial charge in [0.25, 0.3) is 0 Å². The lowest BCUT2D eigenvalue weighted by Gasteiger charge is -2.53. The van der Waals surface area contributed by atoms with Gasteiger partial charge in [-0.25, -0.2) is 0 Å². The van der Waals surface area contributed by atoms with Crippen LogP contribution in [0.1, 0.15) is 26.7 Å². The number of piperidine rings is 1. The summed E-state index contributed by atoms with van der Waals surface area (Å²) < 4.78 is 12.6. The zero-order valence-corrected chi connectivity index (χ0v) is 14.9. The smallest absolute Gasteiger partial charge is 0.204 e. The lowest BCUT2D eigenvalue weighted by atomic mass is 9.73. The number of hydrogen-bond donors (Lipinski definition) is 0.